The topological polar surface area (TPSA) is 96.2 Å². The number of rotatable bonds is 4. The fourth-order valence-corrected chi connectivity index (χ4v) is 1.02. The molecule has 8 heteroatoms. The zero-order valence-electron chi connectivity index (χ0n) is 14.0. The molecule has 0 atom stereocenters. The van der Waals surface area contributed by atoms with Crippen LogP contribution in [0.3, 0.4) is 0 Å². The summed E-state index contributed by atoms with van der Waals surface area (Å²) < 4.78 is 9.12. The monoisotopic (exact) mass is 316 g/mol. The van der Waals surface area contributed by atoms with Gasteiger partial charge in [0.05, 0.1) is 19.3 Å². The molecule has 2 rings (SSSR count). The van der Waals surface area contributed by atoms with Gasteiger partial charge in [0.25, 0.3) is 0 Å². The number of esters is 1. The van der Waals surface area contributed by atoms with Gasteiger partial charge >= 0.3 is 24.8 Å². The first-order valence-electron chi connectivity index (χ1n) is 6.59. The van der Waals surface area contributed by atoms with Crippen molar-refractivity contribution in [1.29, 1.82) is 0 Å². The smallest absolute Gasteiger partial charge is 1.00 e. The van der Waals surface area contributed by atoms with Crippen LogP contribution in [0.1, 0.15) is 41.0 Å². The minimum atomic E-state index is -1.10. The Morgan fingerprint density at radius 3 is 1.62 bits per heavy atom. The Balaban J connectivity index is -0.000000106. The van der Waals surface area contributed by atoms with Crippen LogP contribution in [-0.4, -0.2) is 76.8 Å². The van der Waals surface area contributed by atoms with Gasteiger partial charge < -0.3 is 26.2 Å². The van der Waals surface area contributed by atoms with Gasteiger partial charge in [0, 0.05) is 13.2 Å². The standard InChI is InChI=1S/C5H8O3.C4H8O2.C4H10O.Al.Li.4H/c1-8-4(6)5(7)2-3-5;5-3-4(6)1-2-4;1-3-5-4-2;;;;;;/h7H,2-3H2,1H3;5-6H,1-3H2;3-4H2,1-2H3;;;;;;/q;;;;+1;;;;-1. The Kier molecular flexibility index (Phi) is 16.2. The number of aliphatic hydroxyl groups is 3. The molecular weight excluding hydrogens is 286 g/mol. The average Bonchev–Trinajstić information content (AvgIpc) is 3.32. The molecule has 2 aliphatic rings. The van der Waals surface area contributed by atoms with Crippen molar-refractivity contribution in [2.45, 2.75) is 50.7 Å². The van der Waals surface area contributed by atoms with Crippen molar-refractivity contribution in [2.24, 2.45) is 0 Å². The third-order valence-electron chi connectivity index (χ3n) is 2.82. The quantitative estimate of drug-likeness (QED) is 0.363. The Morgan fingerprint density at radius 2 is 1.57 bits per heavy atom. The normalized spacial score (nSPS) is 18.2. The van der Waals surface area contributed by atoms with E-state index in [1.807, 2.05) is 13.8 Å². The fourth-order valence-electron chi connectivity index (χ4n) is 1.02. The molecular formula is C13H30AlLiO6. The van der Waals surface area contributed by atoms with Crippen LogP contribution in [0.4, 0.5) is 0 Å². The molecule has 0 unspecified atom stereocenters. The van der Waals surface area contributed by atoms with Crippen molar-refractivity contribution >= 4 is 23.3 Å². The number of aliphatic hydroxyl groups excluding tert-OH is 1. The third-order valence-corrected chi connectivity index (χ3v) is 2.82. The summed E-state index contributed by atoms with van der Waals surface area (Å²) in [7, 11) is 1.28. The van der Waals surface area contributed by atoms with E-state index in [2.05, 4.69) is 4.74 Å². The summed E-state index contributed by atoms with van der Waals surface area (Å²) in [4.78, 5) is 10.4. The Morgan fingerprint density at radius 1 is 1.14 bits per heavy atom. The van der Waals surface area contributed by atoms with E-state index in [1.54, 1.807) is 0 Å². The largest absolute Gasteiger partial charge is 1.00 e. The van der Waals surface area contributed by atoms with Crippen LogP contribution < -0.4 is 18.9 Å². The van der Waals surface area contributed by atoms with E-state index in [-0.39, 0.29) is 44.3 Å². The molecule has 0 radical (unpaired) electrons. The molecule has 0 bridgehead atoms. The maximum absolute atomic E-state index is 10.4. The van der Waals surface area contributed by atoms with Gasteiger partial charge in [-0.3, -0.25) is 0 Å². The summed E-state index contributed by atoms with van der Waals surface area (Å²) in [5, 5.41) is 25.8. The molecule has 3 N–H and O–H groups in total. The van der Waals surface area contributed by atoms with E-state index in [0.29, 0.717) is 12.8 Å². The van der Waals surface area contributed by atoms with Crippen LogP contribution in [-0.2, 0) is 14.3 Å². The molecule has 2 aliphatic carbocycles. The summed E-state index contributed by atoms with van der Waals surface area (Å²) in [6.45, 7) is 5.60. The molecule has 0 amide bonds. The summed E-state index contributed by atoms with van der Waals surface area (Å²) >= 11 is 0. The van der Waals surface area contributed by atoms with Crippen LogP contribution in [0, 0.1) is 0 Å². The number of hydrogen-bond acceptors (Lipinski definition) is 6. The van der Waals surface area contributed by atoms with Gasteiger partial charge in [-0.2, -0.15) is 0 Å². The number of methoxy groups -OCH3 is 1. The molecule has 0 aliphatic heterocycles. The van der Waals surface area contributed by atoms with Crippen LogP contribution in [0.25, 0.3) is 0 Å². The van der Waals surface area contributed by atoms with E-state index >= 15 is 0 Å². The molecule has 0 saturated heterocycles. The summed E-state index contributed by atoms with van der Waals surface area (Å²) in [6.07, 6.45) is 2.67. The van der Waals surface area contributed by atoms with Gasteiger partial charge in [-0.25, -0.2) is 4.79 Å². The molecule has 2 fully saturated rings. The van der Waals surface area contributed by atoms with E-state index < -0.39 is 17.2 Å². The number of ether oxygens (including phenoxy) is 2. The Hall–Kier alpha value is 0.440. The SMILES string of the molecule is CCOCC.COC(=O)C1(O)CC1.OCC1(O)CC1.[AlH3].[H-].[Li+]. The van der Waals surface area contributed by atoms with E-state index in [4.69, 9.17) is 20.1 Å². The first kappa shape index (κ1) is 26.3. The van der Waals surface area contributed by atoms with Crippen molar-refractivity contribution in [3.05, 3.63) is 0 Å². The fraction of sp³-hybridized carbons (Fsp3) is 0.923. The minimum Gasteiger partial charge on any atom is -1.00 e. The predicted octanol–water partition coefficient (Wildman–Crippen LogP) is -3.84. The van der Waals surface area contributed by atoms with Crippen molar-refractivity contribution in [3.8, 4) is 0 Å². The van der Waals surface area contributed by atoms with Gasteiger partial charge in [-0.1, -0.05) is 0 Å². The van der Waals surface area contributed by atoms with Crippen molar-refractivity contribution < 1.29 is 49.9 Å². The Labute approximate surface area is 151 Å². The van der Waals surface area contributed by atoms with Crippen LogP contribution >= 0.6 is 0 Å². The van der Waals surface area contributed by atoms with Crippen molar-refractivity contribution in [2.75, 3.05) is 26.9 Å². The molecule has 0 heterocycles. The Bertz CT molecular complexity index is 273. The second kappa shape index (κ2) is 12.9. The molecule has 2 saturated carbocycles. The zero-order valence-corrected chi connectivity index (χ0v) is 13.0. The molecule has 0 spiro atoms. The molecule has 21 heavy (non-hydrogen) atoms. The second-order valence-corrected chi connectivity index (χ2v) is 4.69. The van der Waals surface area contributed by atoms with Gasteiger partial charge in [-0.15, -0.1) is 0 Å². The predicted molar refractivity (Wildman–Crippen MR) is 80.7 cm³/mol. The summed E-state index contributed by atoms with van der Waals surface area (Å²) in [5.41, 5.74) is -1.76. The summed E-state index contributed by atoms with van der Waals surface area (Å²) in [5.74, 6) is -0.502. The van der Waals surface area contributed by atoms with Gasteiger partial charge in [0.1, 0.15) is 0 Å². The maximum Gasteiger partial charge on any atom is 1.00 e. The van der Waals surface area contributed by atoms with Gasteiger partial charge in [-0.05, 0) is 39.5 Å². The first-order valence-corrected chi connectivity index (χ1v) is 6.59. The molecule has 0 aromatic rings. The molecule has 6 nitrogen and oxygen atoms in total. The molecule has 0 aromatic heterocycles. The molecule has 0 aromatic carbocycles. The van der Waals surface area contributed by atoms with E-state index in [1.165, 1.54) is 7.11 Å². The summed E-state index contributed by atoms with van der Waals surface area (Å²) in [6, 6.07) is 0. The number of carbonyl (C=O) groups is 1. The van der Waals surface area contributed by atoms with Crippen molar-refractivity contribution in [3.63, 3.8) is 0 Å². The van der Waals surface area contributed by atoms with Crippen LogP contribution in [0.2, 0.25) is 0 Å². The number of hydrogen-bond donors (Lipinski definition) is 3. The van der Waals surface area contributed by atoms with Crippen LogP contribution in [0.5, 0.6) is 0 Å². The van der Waals surface area contributed by atoms with E-state index in [9.17, 15) is 4.79 Å². The second-order valence-electron chi connectivity index (χ2n) is 4.69. The van der Waals surface area contributed by atoms with E-state index in [0.717, 1.165) is 26.1 Å². The third kappa shape index (κ3) is 12.6. The number of carbonyl (C=O) groups excluding carboxylic acids is 1. The van der Waals surface area contributed by atoms with Gasteiger partial charge in [0.15, 0.2) is 23.0 Å². The molecule has 122 valence electrons. The van der Waals surface area contributed by atoms with Crippen molar-refractivity contribution in [1.82, 2.24) is 0 Å². The maximum atomic E-state index is 10.4. The zero-order chi connectivity index (χ0) is 14.9. The average molecular weight is 316 g/mol. The van der Waals surface area contributed by atoms with Gasteiger partial charge in [0.2, 0.25) is 0 Å². The minimum absolute atomic E-state index is 0. The first-order chi connectivity index (χ1) is 8.87. The van der Waals surface area contributed by atoms with Crippen LogP contribution in [0.15, 0.2) is 0 Å².